The lowest BCUT2D eigenvalue weighted by Gasteiger charge is -2.37. The van der Waals surface area contributed by atoms with Gasteiger partial charge in [0.1, 0.15) is 28.2 Å². The van der Waals surface area contributed by atoms with Gasteiger partial charge in [0.2, 0.25) is 5.88 Å². The van der Waals surface area contributed by atoms with E-state index in [4.69, 9.17) is 4.74 Å². The Balaban J connectivity index is 0.00000205. The number of terminal acetylenes is 1. The van der Waals surface area contributed by atoms with Crippen molar-refractivity contribution in [2.75, 3.05) is 6.54 Å². The molecule has 9 heteroatoms. The van der Waals surface area contributed by atoms with Gasteiger partial charge >= 0.3 is 0 Å². The van der Waals surface area contributed by atoms with Gasteiger partial charge in [-0.2, -0.15) is 0 Å². The second kappa shape index (κ2) is 13.0. The highest BCUT2D eigenvalue weighted by Gasteiger charge is 2.36. The second-order valence-electron chi connectivity index (χ2n) is 9.68. The number of ether oxygens (including phenoxy) is 1. The van der Waals surface area contributed by atoms with Crippen molar-refractivity contribution in [3.05, 3.63) is 88.6 Å². The average Bonchev–Trinajstić information content (AvgIpc) is 2.93. The molecule has 1 unspecified atom stereocenters. The zero-order chi connectivity index (χ0) is 28.7. The number of fused-ring (bicyclic) bond motifs is 1. The first-order valence-corrected chi connectivity index (χ1v) is 13.8. The number of nitrogens with one attached hydrogen (secondary N) is 1. The Labute approximate surface area is 231 Å². The van der Waals surface area contributed by atoms with Crippen molar-refractivity contribution in [2.45, 2.75) is 63.6 Å². The third-order valence-corrected chi connectivity index (χ3v) is 7.60. The van der Waals surface area contributed by atoms with Gasteiger partial charge in [-0.15, -0.1) is 12.8 Å². The van der Waals surface area contributed by atoms with Crippen LogP contribution < -0.4 is 9.46 Å². The minimum absolute atomic E-state index is 0.0843. The van der Waals surface area contributed by atoms with Crippen LogP contribution in [0.15, 0.2) is 59.6 Å². The maximum Gasteiger partial charge on any atom is 0.255 e. The van der Waals surface area contributed by atoms with Crippen LogP contribution in [-0.2, 0) is 24.0 Å². The smallest absolute Gasteiger partial charge is 0.255 e. The van der Waals surface area contributed by atoms with Crippen molar-refractivity contribution in [3.8, 4) is 18.7 Å². The van der Waals surface area contributed by atoms with Gasteiger partial charge in [0.05, 0.1) is 16.5 Å². The zero-order valence-corrected chi connectivity index (χ0v) is 23.4. The number of aromatic nitrogens is 1. The van der Waals surface area contributed by atoms with E-state index >= 15 is 0 Å². The van der Waals surface area contributed by atoms with E-state index < -0.39 is 28.2 Å². The second-order valence-corrected chi connectivity index (χ2v) is 10.9. The number of nitrogens with zero attached hydrogens (tertiary/aromatic N) is 2. The summed E-state index contributed by atoms with van der Waals surface area (Å²) in [6.07, 6.45) is 10.8. The summed E-state index contributed by atoms with van der Waals surface area (Å²) in [5, 5.41) is 0. The van der Waals surface area contributed by atoms with Gasteiger partial charge in [-0.25, -0.2) is 22.7 Å². The van der Waals surface area contributed by atoms with Crippen molar-refractivity contribution in [1.29, 1.82) is 0 Å². The van der Waals surface area contributed by atoms with Crippen LogP contribution in [0.4, 0.5) is 8.78 Å². The number of hydrogen-bond donors (Lipinski definition) is 1. The van der Waals surface area contributed by atoms with Gasteiger partial charge in [0, 0.05) is 36.8 Å². The third kappa shape index (κ3) is 7.28. The third-order valence-electron chi connectivity index (χ3n) is 6.40. The predicted molar refractivity (Wildman–Crippen MR) is 148 cm³/mol. The van der Waals surface area contributed by atoms with Crippen molar-refractivity contribution in [3.63, 3.8) is 0 Å². The molecule has 0 radical (unpaired) electrons. The fourth-order valence-electron chi connectivity index (χ4n) is 4.36. The Morgan fingerprint density at radius 2 is 1.85 bits per heavy atom. The molecule has 0 spiro atoms. The summed E-state index contributed by atoms with van der Waals surface area (Å²) in [6, 6.07) is 12.1. The molecule has 6 nitrogen and oxygen atoms in total. The zero-order valence-electron chi connectivity index (χ0n) is 22.5. The average molecular weight is 554 g/mol. The molecule has 0 saturated carbocycles. The van der Waals surface area contributed by atoms with E-state index in [1.165, 1.54) is 11.1 Å². The normalized spacial score (nSPS) is 16.2. The van der Waals surface area contributed by atoms with Gasteiger partial charge in [0.25, 0.3) is 5.91 Å². The molecule has 0 fully saturated rings. The molecule has 1 aliphatic heterocycles. The van der Waals surface area contributed by atoms with Crippen molar-refractivity contribution >= 4 is 16.9 Å². The molecule has 1 aromatic heterocycles. The first-order valence-electron chi connectivity index (χ1n) is 12.6. The number of carbonyl (C=O) groups excluding carboxylic acids is 1. The van der Waals surface area contributed by atoms with E-state index in [2.05, 4.69) is 29.5 Å². The molecular weight excluding hydrogens is 520 g/mol. The Hall–Kier alpha value is -3.61. The summed E-state index contributed by atoms with van der Waals surface area (Å²) >= 11 is 0. The summed E-state index contributed by atoms with van der Waals surface area (Å²) in [4.78, 5) is 19.8. The van der Waals surface area contributed by atoms with E-state index in [1.54, 1.807) is 13.0 Å². The topological polar surface area (TPSA) is 71.5 Å². The fourth-order valence-corrected chi connectivity index (χ4v) is 5.35. The largest absolute Gasteiger partial charge is 0.471 e. The van der Waals surface area contributed by atoms with Crippen molar-refractivity contribution < 1.29 is 22.5 Å². The van der Waals surface area contributed by atoms with Crippen LogP contribution in [0.3, 0.4) is 0 Å². The molecule has 2 atom stereocenters. The van der Waals surface area contributed by atoms with E-state index in [0.29, 0.717) is 22.8 Å². The number of halogens is 2. The molecule has 4 rings (SSSR count). The first-order chi connectivity index (χ1) is 18.6. The van der Waals surface area contributed by atoms with E-state index in [9.17, 15) is 17.8 Å². The number of pyridine rings is 1. The van der Waals surface area contributed by atoms with Crippen LogP contribution in [0.5, 0.6) is 5.88 Å². The van der Waals surface area contributed by atoms with Crippen LogP contribution >= 0.6 is 0 Å². The molecule has 0 aliphatic carbocycles. The summed E-state index contributed by atoms with van der Waals surface area (Å²) < 4.78 is 50.3. The number of benzene rings is 2. The molecule has 39 heavy (non-hydrogen) atoms. The summed E-state index contributed by atoms with van der Waals surface area (Å²) in [6.45, 7) is 7.89. The molecule has 1 N–H and O–H groups in total. The van der Waals surface area contributed by atoms with Crippen LogP contribution in [0.1, 0.15) is 67.2 Å². The van der Waals surface area contributed by atoms with Gasteiger partial charge in [-0.3, -0.25) is 4.79 Å². The SMILES string of the molecule is C#C.CCc1ccc(S(=O)N[C@H]2CC(C)(C)Oc3ncc(C(=O)N(CC)Cc4cc(F)ccc4F)cc32)cc1. The molecule has 1 aliphatic rings. The molecule has 0 bridgehead atoms. The lowest BCUT2D eigenvalue weighted by Crippen LogP contribution is -2.40. The number of rotatable bonds is 8. The standard InChI is InChI=1S/C28H31F2N3O3S.C2H2/c1-5-18-7-10-22(11-8-18)37(35)32-25-15-28(3,4)36-26-23(25)14-19(16-31-26)27(34)33(6-2)17-20-13-21(29)9-12-24(20)30;1-2/h7-14,16,25,32H,5-6,15,17H2,1-4H3;1-2H/t25-,37?;/m0./s1. The summed E-state index contributed by atoms with van der Waals surface area (Å²) in [7, 11) is -1.50. The number of hydrogen-bond acceptors (Lipinski definition) is 4. The van der Waals surface area contributed by atoms with Crippen molar-refractivity contribution in [2.24, 2.45) is 0 Å². The van der Waals surface area contributed by atoms with Crippen LogP contribution in [0, 0.1) is 24.5 Å². The van der Waals surface area contributed by atoms with Gasteiger partial charge in [-0.05, 0) is 69.2 Å². The fraction of sp³-hybridized carbons (Fsp3) is 0.333. The van der Waals surface area contributed by atoms with E-state index in [0.717, 1.165) is 30.2 Å². The first kappa shape index (κ1) is 29.9. The molecule has 2 heterocycles. The van der Waals surface area contributed by atoms with Gasteiger partial charge in [0.15, 0.2) is 0 Å². The monoisotopic (exact) mass is 553 g/mol. The lowest BCUT2D eigenvalue weighted by molar-refractivity contribution is 0.0639. The lowest BCUT2D eigenvalue weighted by atomic mass is 9.91. The highest BCUT2D eigenvalue weighted by molar-refractivity contribution is 7.83. The van der Waals surface area contributed by atoms with Crippen molar-refractivity contribution in [1.82, 2.24) is 14.6 Å². The summed E-state index contributed by atoms with van der Waals surface area (Å²) in [5.74, 6) is -1.16. The van der Waals surface area contributed by atoms with Gasteiger partial charge in [-0.1, -0.05) is 19.1 Å². The van der Waals surface area contributed by atoms with E-state index in [-0.39, 0.29) is 36.2 Å². The van der Waals surface area contributed by atoms with E-state index in [1.807, 2.05) is 38.1 Å². The van der Waals surface area contributed by atoms with Crippen LogP contribution in [0.2, 0.25) is 0 Å². The molecule has 1 amide bonds. The maximum atomic E-state index is 14.2. The maximum absolute atomic E-state index is 14.2. The molecule has 206 valence electrons. The Morgan fingerprint density at radius 1 is 1.15 bits per heavy atom. The Morgan fingerprint density at radius 3 is 2.49 bits per heavy atom. The minimum Gasteiger partial charge on any atom is -0.471 e. The molecular formula is C30H33F2N3O3S. The highest BCUT2D eigenvalue weighted by Crippen LogP contribution is 2.39. The van der Waals surface area contributed by atoms with Crippen LogP contribution in [-0.4, -0.2) is 32.1 Å². The molecule has 3 aromatic rings. The summed E-state index contributed by atoms with van der Waals surface area (Å²) in [5.41, 5.74) is 1.59. The Kier molecular flexibility index (Phi) is 9.95. The Bertz CT molecular complexity index is 1360. The predicted octanol–water partition coefficient (Wildman–Crippen LogP) is 5.75. The molecule has 0 saturated heterocycles. The minimum atomic E-state index is -1.50. The molecule has 2 aromatic carbocycles. The van der Waals surface area contributed by atoms with Gasteiger partial charge < -0.3 is 9.64 Å². The quantitative estimate of drug-likeness (QED) is 0.361. The van der Waals surface area contributed by atoms with Crippen LogP contribution in [0.25, 0.3) is 0 Å². The number of amides is 1. The number of aryl methyl sites for hydroxylation is 1. The highest BCUT2D eigenvalue weighted by atomic mass is 32.2. The number of carbonyl (C=O) groups is 1.